The van der Waals surface area contributed by atoms with Gasteiger partial charge in [0.25, 0.3) is 5.91 Å². The van der Waals surface area contributed by atoms with E-state index >= 15 is 0 Å². The number of fused-ring (bicyclic) bond motifs is 1. The van der Waals surface area contributed by atoms with Crippen LogP contribution in [-0.2, 0) is 13.1 Å². The lowest BCUT2D eigenvalue weighted by molar-refractivity contribution is 0.0942. The van der Waals surface area contributed by atoms with Crippen LogP contribution in [0.3, 0.4) is 0 Å². The summed E-state index contributed by atoms with van der Waals surface area (Å²) in [6.07, 6.45) is 0. The molecule has 0 radical (unpaired) electrons. The third kappa shape index (κ3) is 3.26. The van der Waals surface area contributed by atoms with E-state index in [0.717, 1.165) is 15.8 Å². The highest BCUT2D eigenvalue weighted by Crippen LogP contribution is 2.26. The van der Waals surface area contributed by atoms with Gasteiger partial charge in [0.15, 0.2) is 0 Å². The summed E-state index contributed by atoms with van der Waals surface area (Å²) in [6.45, 7) is 0.777. The molecule has 0 spiro atoms. The Morgan fingerprint density at radius 2 is 1.81 bits per heavy atom. The van der Waals surface area contributed by atoms with E-state index in [4.69, 9.17) is 0 Å². The van der Waals surface area contributed by atoms with E-state index in [0.29, 0.717) is 17.8 Å². The minimum atomic E-state index is -0.312. The number of carbonyl (C=O) groups excluding carboxylic acids is 1. The van der Waals surface area contributed by atoms with Crippen molar-refractivity contribution in [3.05, 3.63) is 94.7 Å². The fourth-order valence-electron chi connectivity index (χ4n) is 3.01. The Morgan fingerprint density at radius 1 is 1.04 bits per heavy atom. The maximum atomic E-state index is 13.8. The molecular weight excluding hydrogens is 347 g/mol. The summed E-state index contributed by atoms with van der Waals surface area (Å²) in [4.78, 5) is 12.8. The number of carbonyl (C=O) groups is 1. The van der Waals surface area contributed by atoms with Crippen LogP contribution < -0.4 is 5.32 Å². The van der Waals surface area contributed by atoms with E-state index in [-0.39, 0.29) is 18.3 Å². The number of nitrogens with zero attached hydrogens (tertiary/aromatic N) is 1. The Hall–Kier alpha value is -2.92. The second kappa shape index (κ2) is 7.14. The summed E-state index contributed by atoms with van der Waals surface area (Å²) < 4.78 is 16.9. The summed E-state index contributed by atoms with van der Waals surface area (Å²) in [5, 5.41) is 4.86. The van der Waals surface area contributed by atoms with Crippen LogP contribution in [0.25, 0.3) is 10.2 Å². The first-order valence-electron chi connectivity index (χ1n) is 8.34. The molecule has 0 unspecified atom stereocenters. The molecular formula is C21H17FN2OS. The van der Waals surface area contributed by atoms with Crippen LogP contribution in [0.4, 0.5) is 4.39 Å². The van der Waals surface area contributed by atoms with Crippen LogP contribution in [0.5, 0.6) is 0 Å². The number of nitrogens with one attached hydrogen (secondary N) is 1. The topological polar surface area (TPSA) is 34.0 Å². The lowest BCUT2D eigenvalue weighted by Gasteiger charge is -2.11. The van der Waals surface area contributed by atoms with Crippen molar-refractivity contribution in [2.24, 2.45) is 0 Å². The smallest absolute Gasteiger partial charge is 0.268 e. The molecule has 4 aromatic rings. The first-order chi connectivity index (χ1) is 12.7. The molecule has 2 heterocycles. The molecule has 1 amide bonds. The Balaban J connectivity index is 1.61. The molecule has 4 rings (SSSR count). The van der Waals surface area contributed by atoms with E-state index in [2.05, 4.69) is 5.32 Å². The molecule has 0 bridgehead atoms. The largest absolute Gasteiger partial charge is 0.347 e. The minimum Gasteiger partial charge on any atom is -0.347 e. The summed E-state index contributed by atoms with van der Waals surface area (Å²) in [6, 6.07) is 20.4. The predicted octanol–water partition coefficient (Wildman–Crippen LogP) is 4.82. The Bertz CT molecular complexity index is 1050. The summed E-state index contributed by atoms with van der Waals surface area (Å²) in [5.41, 5.74) is 3.23. The summed E-state index contributed by atoms with van der Waals surface area (Å²) >= 11 is 1.61. The zero-order valence-electron chi connectivity index (χ0n) is 14.0. The molecule has 26 heavy (non-hydrogen) atoms. The molecule has 0 fully saturated rings. The SMILES string of the molecule is O=C(NCc1ccccc1F)c1cc2sccc2n1Cc1ccccc1. The number of aromatic nitrogens is 1. The van der Waals surface area contributed by atoms with Crippen LogP contribution in [0.15, 0.2) is 72.1 Å². The van der Waals surface area contributed by atoms with Gasteiger partial charge in [-0.2, -0.15) is 0 Å². The molecule has 130 valence electrons. The maximum absolute atomic E-state index is 13.8. The van der Waals surface area contributed by atoms with Crippen LogP contribution in [0.1, 0.15) is 21.6 Å². The van der Waals surface area contributed by atoms with E-state index in [1.165, 1.54) is 6.07 Å². The Kier molecular flexibility index (Phi) is 4.54. The molecule has 0 atom stereocenters. The number of hydrogen-bond donors (Lipinski definition) is 1. The number of amides is 1. The molecule has 5 heteroatoms. The highest BCUT2D eigenvalue weighted by molar-refractivity contribution is 7.17. The van der Waals surface area contributed by atoms with Gasteiger partial charge in [-0.15, -0.1) is 11.3 Å². The Labute approximate surface area is 154 Å². The van der Waals surface area contributed by atoms with Crippen molar-refractivity contribution in [3.8, 4) is 0 Å². The van der Waals surface area contributed by atoms with Crippen molar-refractivity contribution < 1.29 is 9.18 Å². The van der Waals surface area contributed by atoms with Crippen LogP contribution in [-0.4, -0.2) is 10.5 Å². The average molecular weight is 364 g/mol. The van der Waals surface area contributed by atoms with Gasteiger partial charge >= 0.3 is 0 Å². The lowest BCUT2D eigenvalue weighted by Crippen LogP contribution is -2.26. The molecule has 0 saturated carbocycles. The second-order valence-electron chi connectivity index (χ2n) is 6.05. The van der Waals surface area contributed by atoms with Gasteiger partial charge < -0.3 is 9.88 Å². The van der Waals surface area contributed by atoms with Crippen molar-refractivity contribution in [1.29, 1.82) is 0 Å². The maximum Gasteiger partial charge on any atom is 0.268 e. The fraction of sp³-hybridized carbons (Fsp3) is 0.0952. The lowest BCUT2D eigenvalue weighted by atomic mass is 10.2. The second-order valence-corrected chi connectivity index (χ2v) is 6.99. The number of hydrogen-bond acceptors (Lipinski definition) is 2. The fourth-order valence-corrected chi connectivity index (χ4v) is 3.83. The van der Waals surface area contributed by atoms with E-state index < -0.39 is 0 Å². The van der Waals surface area contributed by atoms with Gasteiger partial charge in [0, 0.05) is 18.7 Å². The molecule has 2 aromatic heterocycles. The monoisotopic (exact) mass is 364 g/mol. The molecule has 3 nitrogen and oxygen atoms in total. The first kappa shape index (κ1) is 16.5. The van der Waals surface area contributed by atoms with Gasteiger partial charge in [0.05, 0.1) is 10.2 Å². The number of rotatable bonds is 5. The zero-order valence-corrected chi connectivity index (χ0v) is 14.8. The van der Waals surface area contributed by atoms with Crippen molar-refractivity contribution in [3.63, 3.8) is 0 Å². The van der Waals surface area contributed by atoms with Crippen molar-refractivity contribution in [1.82, 2.24) is 9.88 Å². The number of halogens is 1. The average Bonchev–Trinajstić information content (AvgIpc) is 3.24. The third-order valence-corrected chi connectivity index (χ3v) is 5.19. The van der Waals surface area contributed by atoms with Crippen LogP contribution >= 0.6 is 11.3 Å². The highest BCUT2D eigenvalue weighted by Gasteiger charge is 2.17. The van der Waals surface area contributed by atoms with Gasteiger partial charge in [-0.3, -0.25) is 4.79 Å². The van der Waals surface area contributed by atoms with Gasteiger partial charge in [0.1, 0.15) is 11.5 Å². The van der Waals surface area contributed by atoms with Crippen LogP contribution in [0, 0.1) is 5.82 Å². The van der Waals surface area contributed by atoms with Gasteiger partial charge in [0.2, 0.25) is 0 Å². The highest BCUT2D eigenvalue weighted by atomic mass is 32.1. The summed E-state index contributed by atoms with van der Waals surface area (Å²) in [5.74, 6) is -0.513. The van der Waals surface area contributed by atoms with Gasteiger partial charge in [-0.1, -0.05) is 48.5 Å². The normalized spacial score (nSPS) is 11.0. The van der Waals surface area contributed by atoms with E-state index in [9.17, 15) is 9.18 Å². The number of benzene rings is 2. The molecule has 0 aliphatic carbocycles. The molecule has 0 aliphatic rings. The minimum absolute atomic E-state index is 0.162. The van der Waals surface area contributed by atoms with E-state index in [1.54, 1.807) is 29.5 Å². The molecule has 0 saturated heterocycles. The quantitative estimate of drug-likeness (QED) is 0.541. The zero-order chi connectivity index (χ0) is 17.9. The third-order valence-electron chi connectivity index (χ3n) is 4.34. The first-order valence-corrected chi connectivity index (χ1v) is 9.22. The van der Waals surface area contributed by atoms with E-state index in [1.807, 2.05) is 52.4 Å². The molecule has 1 N–H and O–H groups in total. The summed E-state index contributed by atoms with van der Waals surface area (Å²) in [7, 11) is 0. The number of thiophene rings is 1. The predicted molar refractivity (Wildman–Crippen MR) is 103 cm³/mol. The standard InChI is InChI=1S/C21H17FN2OS/c22-17-9-5-4-8-16(17)13-23-21(25)19-12-20-18(10-11-26-20)24(19)14-15-6-2-1-3-7-15/h1-12H,13-14H2,(H,23,25). The Morgan fingerprint density at radius 3 is 2.62 bits per heavy atom. The molecule has 0 aliphatic heterocycles. The molecule has 2 aromatic carbocycles. The van der Waals surface area contributed by atoms with Gasteiger partial charge in [-0.25, -0.2) is 4.39 Å². The van der Waals surface area contributed by atoms with Crippen LogP contribution in [0.2, 0.25) is 0 Å². The van der Waals surface area contributed by atoms with Crippen molar-refractivity contribution >= 4 is 27.5 Å². The van der Waals surface area contributed by atoms with Crippen molar-refractivity contribution in [2.45, 2.75) is 13.1 Å². The van der Waals surface area contributed by atoms with Crippen molar-refractivity contribution in [2.75, 3.05) is 0 Å². The van der Waals surface area contributed by atoms with Gasteiger partial charge in [-0.05, 0) is 29.1 Å².